The van der Waals surface area contributed by atoms with Crippen LogP contribution in [0.3, 0.4) is 0 Å². The Hall–Kier alpha value is -1.60. The summed E-state index contributed by atoms with van der Waals surface area (Å²) >= 11 is 0. The van der Waals surface area contributed by atoms with Crippen molar-refractivity contribution in [3.05, 3.63) is 70.3 Å². The zero-order valence-electron chi connectivity index (χ0n) is 14.8. The molecule has 0 bridgehead atoms. The smallest absolute Gasteiger partial charge is 0.0610 e. The third kappa shape index (κ3) is 3.07. The molecule has 1 aliphatic carbocycles. The lowest BCUT2D eigenvalue weighted by Gasteiger charge is -2.40. The number of nitrogens with zero attached hydrogens (tertiary/aromatic N) is 1. The summed E-state index contributed by atoms with van der Waals surface area (Å²) in [6.45, 7) is 8.77. The minimum absolute atomic E-state index is 0.478. The number of aryl methyl sites for hydroxylation is 1. The van der Waals surface area contributed by atoms with Gasteiger partial charge in [-0.15, -0.1) is 0 Å². The highest BCUT2D eigenvalue weighted by atomic mass is 15.2. The summed E-state index contributed by atoms with van der Waals surface area (Å²) in [4.78, 5) is 2.72. The van der Waals surface area contributed by atoms with Crippen LogP contribution in [0.1, 0.15) is 67.0 Å². The highest BCUT2D eigenvalue weighted by Gasteiger charge is 2.31. The number of hydrogen-bond donors (Lipinski definition) is 0. The van der Waals surface area contributed by atoms with E-state index in [0.717, 1.165) is 6.42 Å². The second kappa shape index (κ2) is 7.31. The molecule has 122 valence electrons. The van der Waals surface area contributed by atoms with Gasteiger partial charge in [0, 0.05) is 0 Å². The molecule has 2 aliphatic rings. The van der Waals surface area contributed by atoms with Crippen LogP contribution in [-0.4, -0.2) is 18.0 Å². The summed E-state index contributed by atoms with van der Waals surface area (Å²) < 4.78 is 0. The summed E-state index contributed by atoms with van der Waals surface area (Å²) in [6.07, 6.45) is 5.18. The molecule has 1 aliphatic heterocycles. The zero-order valence-corrected chi connectivity index (χ0v) is 14.8. The van der Waals surface area contributed by atoms with E-state index in [-0.39, 0.29) is 0 Å². The number of rotatable bonds is 1. The molecule has 1 atom stereocenters. The molecule has 0 spiro atoms. The molecule has 1 heterocycles. The Morgan fingerprint density at radius 1 is 0.826 bits per heavy atom. The topological polar surface area (TPSA) is 3.24 Å². The molecule has 0 aromatic heterocycles. The van der Waals surface area contributed by atoms with Gasteiger partial charge in [-0.1, -0.05) is 62.7 Å². The average Bonchev–Trinajstić information content (AvgIpc) is 2.62. The minimum Gasteiger partial charge on any atom is -0.292 e. The van der Waals surface area contributed by atoms with Crippen molar-refractivity contribution in [2.75, 3.05) is 13.1 Å². The molecule has 1 heteroatoms. The van der Waals surface area contributed by atoms with E-state index in [9.17, 15) is 0 Å². The zero-order chi connectivity index (χ0) is 16.2. The number of piperidine rings is 1. The van der Waals surface area contributed by atoms with Gasteiger partial charge in [0.2, 0.25) is 0 Å². The van der Waals surface area contributed by atoms with E-state index in [0.29, 0.717) is 6.04 Å². The summed E-state index contributed by atoms with van der Waals surface area (Å²) in [5.41, 5.74) is 7.63. The lowest BCUT2D eigenvalue weighted by molar-refractivity contribution is 0.184. The SMILES string of the molecule is CC.Cc1cccc2c1C(N1CCCCC1)c1ccccc1C2. The normalized spacial score (nSPS) is 20.0. The Morgan fingerprint density at radius 3 is 2.30 bits per heavy atom. The van der Waals surface area contributed by atoms with Crippen LogP contribution in [0, 0.1) is 6.92 Å². The van der Waals surface area contributed by atoms with E-state index >= 15 is 0 Å². The average molecular weight is 307 g/mol. The van der Waals surface area contributed by atoms with Crippen molar-refractivity contribution < 1.29 is 0 Å². The Balaban J connectivity index is 0.000000753. The van der Waals surface area contributed by atoms with Crippen molar-refractivity contribution >= 4 is 0 Å². The molecule has 0 saturated carbocycles. The first-order valence-electron chi connectivity index (χ1n) is 9.25. The highest BCUT2D eigenvalue weighted by Crippen LogP contribution is 2.41. The van der Waals surface area contributed by atoms with Crippen molar-refractivity contribution in [2.45, 2.75) is 52.5 Å². The molecule has 4 rings (SSSR count). The van der Waals surface area contributed by atoms with Gasteiger partial charge in [-0.05, 0) is 67.1 Å². The van der Waals surface area contributed by atoms with Gasteiger partial charge >= 0.3 is 0 Å². The second-order valence-corrected chi connectivity index (χ2v) is 6.52. The Bertz CT molecular complexity index is 653. The first-order valence-corrected chi connectivity index (χ1v) is 9.25. The summed E-state index contributed by atoms with van der Waals surface area (Å²) in [6, 6.07) is 16.4. The first-order chi connectivity index (χ1) is 11.3. The van der Waals surface area contributed by atoms with E-state index in [2.05, 4.69) is 54.3 Å². The summed E-state index contributed by atoms with van der Waals surface area (Å²) in [5, 5.41) is 0. The van der Waals surface area contributed by atoms with Crippen LogP contribution >= 0.6 is 0 Å². The molecular formula is C22H29N. The largest absolute Gasteiger partial charge is 0.292 e. The van der Waals surface area contributed by atoms with Gasteiger partial charge in [0.15, 0.2) is 0 Å². The van der Waals surface area contributed by atoms with Gasteiger partial charge in [-0.25, -0.2) is 0 Å². The fourth-order valence-electron chi connectivity index (χ4n) is 4.17. The van der Waals surface area contributed by atoms with Gasteiger partial charge in [0.1, 0.15) is 0 Å². The minimum atomic E-state index is 0.478. The monoisotopic (exact) mass is 307 g/mol. The maximum Gasteiger partial charge on any atom is 0.0610 e. The molecule has 1 fully saturated rings. The van der Waals surface area contributed by atoms with Crippen LogP contribution in [0.2, 0.25) is 0 Å². The summed E-state index contributed by atoms with van der Waals surface area (Å²) in [7, 11) is 0. The molecule has 1 saturated heterocycles. The number of hydrogen-bond acceptors (Lipinski definition) is 1. The van der Waals surface area contributed by atoms with E-state index in [1.165, 1.54) is 49.0 Å². The number of benzene rings is 2. The van der Waals surface area contributed by atoms with E-state index in [1.54, 1.807) is 11.1 Å². The van der Waals surface area contributed by atoms with Gasteiger partial charge in [-0.2, -0.15) is 0 Å². The van der Waals surface area contributed by atoms with Crippen LogP contribution in [0.5, 0.6) is 0 Å². The van der Waals surface area contributed by atoms with E-state index in [1.807, 2.05) is 13.8 Å². The number of fused-ring (bicyclic) bond motifs is 2. The Kier molecular flexibility index (Phi) is 5.17. The predicted octanol–water partition coefficient (Wildman–Crippen LogP) is 5.50. The molecule has 2 aromatic rings. The molecular weight excluding hydrogens is 278 g/mol. The van der Waals surface area contributed by atoms with Crippen molar-refractivity contribution in [2.24, 2.45) is 0 Å². The first kappa shape index (κ1) is 16.3. The van der Waals surface area contributed by atoms with Crippen molar-refractivity contribution in [3.8, 4) is 0 Å². The van der Waals surface area contributed by atoms with Crippen molar-refractivity contribution in [1.82, 2.24) is 4.90 Å². The summed E-state index contributed by atoms with van der Waals surface area (Å²) in [5.74, 6) is 0. The Labute approximate surface area is 141 Å². The van der Waals surface area contributed by atoms with E-state index < -0.39 is 0 Å². The molecule has 0 radical (unpaired) electrons. The van der Waals surface area contributed by atoms with Gasteiger partial charge in [-0.3, -0.25) is 4.90 Å². The molecule has 2 aromatic carbocycles. The van der Waals surface area contributed by atoms with Crippen molar-refractivity contribution in [3.63, 3.8) is 0 Å². The highest BCUT2D eigenvalue weighted by molar-refractivity contribution is 5.51. The van der Waals surface area contributed by atoms with Crippen LogP contribution in [-0.2, 0) is 6.42 Å². The van der Waals surface area contributed by atoms with E-state index in [4.69, 9.17) is 0 Å². The molecule has 0 N–H and O–H groups in total. The molecule has 1 nitrogen and oxygen atoms in total. The molecule has 1 unspecified atom stereocenters. The van der Waals surface area contributed by atoms with Gasteiger partial charge in [0.25, 0.3) is 0 Å². The maximum atomic E-state index is 2.72. The maximum absolute atomic E-state index is 2.72. The quantitative estimate of drug-likeness (QED) is 0.672. The third-order valence-corrected chi connectivity index (χ3v) is 5.17. The van der Waals surface area contributed by atoms with Crippen LogP contribution in [0.15, 0.2) is 42.5 Å². The van der Waals surface area contributed by atoms with Gasteiger partial charge < -0.3 is 0 Å². The second-order valence-electron chi connectivity index (χ2n) is 6.52. The Morgan fingerprint density at radius 2 is 1.52 bits per heavy atom. The van der Waals surface area contributed by atoms with Crippen molar-refractivity contribution in [1.29, 1.82) is 0 Å². The third-order valence-electron chi connectivity index (χ3n) is 5.17. The van der Waals surface area contributed by atoms with Crippen LogP contribution in [0.4, 0.5) is 0 Å². The number of likely N-dealkylation sites (tertiary alicyclic amines) is 1. The lowest BCUT2D eigenvalue weighted by Crippen LogP contribution is -2.37. The van der Waals surface area contributed by atoms with Crippen LogP contribution in [0.25, 0.3) is 0 Å². The van der Waals surface area contributed by atoms with Crippen LogP contribution < -0.4 is 0 Å². The predicted molar refractivity (Wildman–Crippen MR) is 99.0 cm³/mol. The molecule has 0 amide bonds. The standard InChI is InChI=1S/C20H23N.C2H6/c1-15-8-7-10-17-14-16-9-3-4-11-18(16)20(19(15)17)21-12-5-2-6-13-21;1-2/h3-4,7-11,20H,2,5-6,12-14H2,1H3;1-2H3. The fraction of sp³-hybridized carbons (Fsp3) is 0.455. The lowest BCUT2D eigenvalue weighted by atomic mass is 9.79. The molecule has 23 heavy (non-hydrogen) atoms. The fourth-order valence-corrected chi connectivity index (χ4v) is 4.17. The van der Waals surface area contributed by atoms with Gasteiger partial charge in [0.05, 0.1) is 6.04 Å².